The van der Waals surface area contributed by atoms with Crippen molar-refractivity contribution in [2.75, 3.05) is 5.32 Å². The van der Waals surface area contributed by atoms with Gasteiger partial charge < -0.3 is 11.1 Å². The zero-order valence-corrected chi connectivity index (χ0v) is 15.4. The molecule has 7 heteroatoms. The van der Waals surface area contributed by atoms with Crippen molar-refractivity contribution in [3.05, 3.63) is 48.0 Å². The van der Waals surface area contributed by atoms with E-state index in [1.165, 1.54) is 6.20 Å². The minimum Gasteiger partial charge on any atom is -0.377 e. The second kappa shape index (κ2) is 6.33. The molecule has 3 N–H and O–H groups in total. The Morgan fingerprint density at radius 1 is 1.44 bits per heavy atom. The molecule has 27 heavy (non-hydrogen) atoms. The van der Waals surface area contributed by atoms with E-state index in [0.29, 0.717) is 24.0 Å². The fraction of sp³-hybridized carbons (Fsp3) is 0.350. The molecule has 1 aliphatic carbocycles. The van der Waals surface area contributed by atoms with E-state index in [1.807, 2.05) is 25.3 Å². The van der Waals surface area contributed by atoms with Gasteiger partial charge in [-0.2, -0.15) is 5.10 Å². The first-order chi connectivity index (χ1) is 12.9. The maximum atomic E-state index is 14.8. The molecule has 0 bridgehead atoms. The number of halogens is 1. The Morgan fingerprint density at radius 2 is 2.26 bits per heavy atom. The van der Waals surface area contributed by atoms with E-state index < -0.39 is 11.6 Å². The summed E-state index contributed by atoms with van der Waals surface area (Å²) >= 11 is 0. The first kappa shape index (κ1) is 17.5. The number of nitrogens with zero attached hydrogens (tertiary/aromatic N) is 3. The van der Waals surface area contributed by atoms with Crippen LogP contribution in [-0.2, 0) is 0 Å². The maximum Gasteiger partial charge on any atom is 0.252 e. The highest BCUT2D eigenvalue weighted by Crippen LogP contribution is 2.37. The summed E-state index contributed by atoms with van der Waals surface area (Å²) in [5, 5.41) is 7.57. The standard InChI is InChI=1S/C20H22FN5O/c1-12-9-23-7-5-14(12)13-8-16-18(25-17-4-3-6-20(17,2)21)15(19(22)27)10-24-26(16)11-13/h5,7-11,17,25H,3-4,6H2,1-2H3,(H2,22,27). The van der Waals surface area contributed by atoms with Crippen LogP contribution in [0, 0.1) is 6.92 Å². The molecule has 1 fully saturated rings. The molecule has 2 atom stereocenters. The van der Waals surface area contributed by atoms with E-state index in [-0.39, 0.29) is 11.6 Å². The number of alkyl halides is 1. The number of aromatic nitrogens is 3. The van der Waals surface area contributed by atoms with Gasteiger partial charge in [-0.15, -0.1) is 0 Å². The Bertz CT molecular complexity index is 1030. The van der Waals surface area contributed by atoms with Gasteiger partial charge in [0.05, 0.1) is 29.0 Å². The van der Waals surface area contributed by atoms with E-state index in [4.69, 9.17) is 5.73 Å². The molecule has 3 aromatic heterocycles. The summed E-state index contributed by atoms with van der Waals surface area (Å²) in [5.74, 6) is -0.589. The molecule has 0 spiro atoms. The second-order valence-corrected chi connectivity index (χ2v) is 7.41. The van der Waals surface area contributed by atoms with E-state index in [2.05, 4.69) is 15.4 Å². The molecule has 1 aliphatic rings. The van der Waals surface area contributed by atoms with E-state index >= 15 is 0 Å². The second-order valence-electron chi connectivity index (χ2n) is 7.41. The Hall–Kier alpha value is -2.96. The largest absolute Gasteiger partial charge is 0.377 e. The highest BCUT2D eigenvalue weighted by molar-refractivity contribution is 6.02. The number of carbonyl (C=O) groups excluding carboxylic acids is 1. The Labute approximate surface area is 156 Å². The SMILES string of the molecule is Cc1cnccc1-c1cc2c(NC3CCCC3(C)F)c(C(N)=O)cnn2c1. The molecule has 4 rings (SSSR count). The van der Waals surface area contributed by atoms with Crippen LogP contribution >= 0.6 is 0 Å². The van der Waals surface area contributed by atoms with Crippen molar-refractivity contribution >= 4 is 17.1 Å². The fourth-order valence-electron chi connectivity index (χ4n) is 3.86. The Morgan fingerprint density at radius 3 is 2.93 bits per heavy atom. The smallest absolute Gasteiger partial charge is 0.252 e. The predicted octanol–water partition coefficient (Wildman–Crippen LogP) is 3.50. The third-order valence-electron chi connectivity index (χ3n) is 5.44. The first-order valence-corrected chi connectivity index (χ1v) is 9.04. The van der Waals surface area contributed by atoms with Gasteiger partial charge in [0, 0.05) is 24.2 Å². The maximum absolute atomic E-state index is 14.8. The Balaban J connectivity index is 1.86. The summed E-state index contributed by atoms with van der Waals surface area (Å²) in [6, 6.07) is 3.50. The van der Waals surface area contributed by atoms with Crippen molar-refractivity contribution in [3.8, 4) is 11.1 Å². The summed E-state index contributed by atoms with van der Waals surface area (Å²) < 4.78 is 16.5. The fourth-order valence-corrected chi connectivity index (χ4v) is 3.86. The monoisotopic (exact) mass is 367 g/mol. The van der Waals surface area contributed by atoms with Crippen molar-refractivity contribution < 1.29 is 9.18 Å². The number of aryl methyl sites for hydroxylation is 1. The quantitative estimate of drug-likeness (QED) is 0.739. The summed E-state index contributed by atoms with van der Waals surface area (Å²) in [6.45, 7) is 3.59. The lowest BCUT2D eigenvalue weighted by Crippen LogP contribution is -2.36. The van der Waals surface area contributed by atoms with E-state index in [1.54, 1.807) is 23.8 Å². The number of nitrogens with one attached hydrogen (secondary N) is 1. The number of rotatable bonds is 4. The van der Waals surface area contributed by atoms with Crippen LogP contribution in [0.1, 0.15) is 42.1 Å². The molecule has 1 saturated carbocycles. The molecule has 0 saturated heterocycles. The predicted molar refractivity (Wildman–Crippen MR) is 102 cm³/mol. The molecule has 140 valence electrons. The van der Waals surface area contributed by atoms with Gasteiger partial charge in [-0.25, -0.2) is 8.91 Å². The van der Waals surface area contributed by atoms with Gasteiger partial charge in [-0.05, 0) is 56.4 Å². The van der Waals surface area contributed by atoms with Crippen LogP contribution in [0.5, 0.6) is 0 Å². The minimum absolute atomic E-state index is 0.265. The molecule has 0 aromatic carbocycles. The summed E-state index contributed by atoms with van der Waals surface area (Å²) in [4.78, 5) is 16.1. The number of pyridine rings is 1. The number of anilines is 1. The lowest BCUT2D eigenvalue weighted by Gasteiger charge is -2.26. The molecular formula is C20H22FN5O. The highest BCUT2D eigenvalue weighted by Gasteiger charge is 2.39. The topological polar surface area (TPSA) is 85.3 Å². The van der Waals surface area contributed by atoms with Crippen molar-refractivity contribution in [3.63, 3.8) is 0 Å². The zero-order valence-electron chi connectivity index (χ0n) is 15.4. The van der Waals surface area contributed by atoms with E-state index in [0.717, 1.165) is 23.1 Å². The number of nitrogens with two attached hydrogens (primary N) is 1. The van der Waals surface area contributed by atoms with Gasteiger partial charge in [0.25, 0.3) is 5.91 Å². The Kier molecular flexibility index (Phi) is 4.09. The molecular weight excluding hydrogens is 345 g/mol. The van der Waals surface area contributed by atoms with Crippen LogP contribution < -0.4 is 11.1 Å². The first-order valence-electron chi connectivity index (χ1n) is 9.04. The number of carbonyl (C=O) groups is 1. The molecule has 0 radical (unpaired) electrons. The number of hydrogen-bond donors (Lipinski definition) is 2. The van der Waals surface area contributed by atoms with E-state index in [9.17, 15) is 9.18 Å². The summed E-state index contributed by atoms with van der Waals surface area (Å²) in [6.07, 6.45) is 8.87. The van der Waals surface area contributed by atoms with Crippen LogP contribution in [0.3, 0.4) is 0 Å². The van der Waals surface area contributed by atoms with Gasteiger partial charge in [0.1, 0.15) is 5.67 Å². The number of fused-ring (bicyclic) bond motifs is 1. The molecule has 3 heterocycles. The van der Waals surface area contributed by atoms with Crippen molar-refractivity contribution in [2.24, 2.45) is 5.73 Å². The summed E-state index contributed by atoms with van der Waals surface area (Å²) in [5.41, 5.74) is 8.73. The normalized spacial score (nSPS) is 22.3. The van der Waals surface area contributed by atoms with Crippen LogP contribution in [0.25, 0.3) is 16.6 Å². The lowest BCUT2D eigenvalue weighted by molar-refractivity contribution is 0.1000. The molecule has 3 aromatic rings. The lowest BCUT2D eigenvalue weighted by atomic mass is 10.0. The van der Waals surface area contributed by atoms with Crippen LogP contribution in [0.4, 0.5) is 10.1 Å². The number of amides is 1. The van der Waals surface area contributed by atoms with Gasteiger partial charge >= 0.3 is 0 Å². The summed E-state index contributed by atoms with van der Waals surface area (Å²) in [7, 11) is 0. The molecule has 1 amide bonds. The van der Waals surface area contributed by atoms with Gasteiger partial charge in [0.15, 0.2) is 0 Å². The molecule has 6 nitrogen and oxygen atoms in total. The highest BCUT2D eigenvalue weighted by atomic mass is 19.1. The van der Waals surface area contributed by atoms with Crippen LogP contribution in [0.15, 0.2) is 36.9 Å². The van der Waals surface area contributed by atoms with Gasteiger partial charge in [-0.3, -0.25) is 9.78 Å². The van der Waals surface area contributed by atoms with Crippen LogP contribution in [-0.4, -0.2) is 32.2 Å². The van der Waals surface area contributed by atoms with Crippen molar-refractivity contribution in [1.29, 1.82) is 0 Å². The number of hydrogen-bond acceptors (Lipinski definition) is 4. The molecule has 0 aliphatic heterocycles. The van der Waals surface area contributed by atoms with Crippen molar-refractivity contribution in [1.82, 2.24) is 14.6 Å². The third kappa shape index (κ3) is 3.03. The molecule has 2 unspecified atom stereocenters. The average Bonchev–Trinajstić information content (AvgIpc) is 3.18. The minimum atomic E-state index is -1.33. The van der Waals surface area contributed by atoms with Gasteiger partial charge in [0.2, 0.25) is 0 Å². The zero-order chi connectivity index (χ0) is 19.2. The number of primary amides is 1. The average molecular weight is 367 g/mol. The van der Waals surface area contributed by atoms with Crippen molar-refractivity contribution in [2.45, 2.75) is 44.8 Å². The third-order valence-corrected chi connectivity index (χ3v) is 5.44. The van der Waals surface area contributed by atoms with Crippen LogP contribution in [0.2, 0.25) is 0 Å². The van der Waals surface area contributed by atoms with Gasteiger partial charge in [-0.1, -0.05) is 0 Å².